The van der Waals surface area contributed by atoms with Gasteiger partial charge in [0.2, 0.25) is 11.8 Å². The molecule has 2 heterocycles. The SMILES string of the molecule is CCC(=O)N(CC[C@H](N)C(=O)NCCOCCN1C(=O)C=CC1=O)[C@@H](c1cc(-c2cc(F)ccc2F)cn1Cc1ccccc1)C(C)(C)C.O=C(O)C(F)(F)F. The summed E-state index contributed by atoms with van der Waals surface area (Å²) in [5, 5.41) is 9.86. The topological polar surface area (TPSA) is 164 Å². The molecule has 0 radical (unpaired) electrons. The Hall–Kier alpha value is -5.42. The summed E-state index contributed by atoms with van der Waals surface area (Å²) >= 11 is 0. The van der Waals surface area contributed by atoms with Crippen LogP contribution in [0.5, 0.6) is 0 Å². The van der Waals surface area contributed by atoms with E-state index in [-0.39, 0.29) is 69.0 Å². The van der Waals surface area contributed by atoms with Gasteiger partial charge in [0.25, 0.3) is 11.8 Å². The Morgan fingerprint density at radius 2 is 1.59 bits per heavy atom. The standard InChI is InChI=1S/C37H45F2N5O5.C2HF3O2/c1-5-32(45)44(17-15-30(40)36(48)41-16-19-49-20-18-43-33(46)13-14-34(43)47)35(37(2,3)4)31-21-26(28-22-27(38)11-12-29(28)39)24-42(31)23-25-9-7-6-8-10-25;3-2(4,5)1(6)7/h6-14,21-22,24,30,35H,5,15-20,23,40H2,1-4H3,(H,41,48);(H,6,7)/t30-,35-;/m0./s1. The fraction of sp³-hybridized carbons (Fsp3) is 0.410. The molecule has 3 aromatic rings. The molecule has 0 unspecified atom stereocenters. The number of aromatic nitrogens is 1. The van der Waals surface area contributed by atoms with E-state index in [1.54, 1.807) is 18.0 Å². The first kappa shape index (κ1) is 45.0. The largest absolute Gasteiger partial charge is 0.490 e. The van der Waals surface area contributed by atoms with Crippen molar-refractivity contribution in [2.24, 2.45) is 11.1 Å². The van der Waals surface area contributed by atoms with Gasteiger partial charge < -0.3 is 30.4 Å². The second-order valence-corrected chi connectivity index (χ2v) is 13.9. The molecule has 2 atom stereocenters. The molecule has 0 bridgehead atoms. The quantitative estimate of drug-likeness (QED) is 0.101. The molecule has 1 aliphatic rings. The fourth-order valence-corrected chi connectivity index (χ4v) is 5.91. The summed E-state index contributed by atoms with van der Waals surface area (Å²) < 4.78 is 68.4. The molecule has 17 heteroatoms. The van der Waals surface area contributed by atoms with E-state index in [1.807, 2.05) is 61.7 Å². The van der Waals surface area contributed by atoms with Gasteiger partial charge >= 0.3 is 12.1 Å². The minimum Gasteiger partial charge on any atom is -0.475 e. The molecule has 1 aromatic heterocycles. The van der Waals surface area contributed by atoms with E-state index in [1.165, 1.54) is 12.2 Å². The van der Waals surface area contributed by atoms with Crippen LogP contribution in [0.3, 0.4) is 0 Å². The molecular weight excluding hydrogens is 745 g/mol. The fourth-order valence-electron chi connectivity index (χ4n) is 5.91. The predicted octanol–water partition coefficient (Wildman–Crippen LogP) is 5.22. The molecule has 0 aliphatic carbocycles. The summed E-state index contributed by atoms with van der Waals surface area (Å²) in [6.45, 7) is 8.96. The number of imide groups is 1. The normalized spacial score (nSPS) is 13.9. The molecule has 2 aromatic carbocycles. The lowest BCUT2D eigenvalue weighted by Crippen LogP contribution is -2.47. The molecule has 0 fully saturated rings. The van der Waals surface area contributed by atoms with Gasteiger partial charge in [0.15, 0.2) is 0 Å². The van der Waals surface area contributed by atoms with Crippen LogP contribution in [0.2, 0.25) is 0 Å². The van der Waals surface area contributed by atoms with Gasteiger partial charge in [-0.05, 0) is 41.7 Å². The number of nitrogens with two attached hydrogens (primary N) is 1. The third-order valence-electron chi connectivity index (χ3n) is 8.57. The van der Waals surface area contributed by atoms with Crippen LogP contribution in [-0.4, -0.2) is 94.1 Å². The number of nitrogens with one attached hydrogen (secondary N) is 1. The van der Waals surface area contributed by atoms with E-state index in [0.29, 0.717) is 12.1 Å². The molecule has 0 saturated heterocycles. The van der Waals surface area contributed by atoms with Crippen LogP contribution < -0.4 is 11.1 Å². The summed E-state index contributed by atoms with van der Waals surface area (Å²) in [7, 11) is 0. The number of hydrogen-bond donors (Lipinski definition) is 3. The predicted molar refractivity (Wildman–Crippen MR) is 195 cm³/mol. The molecule has 4 rings (SSSR count). The highest BCUT2D eigenvalue weighted by molar-refractivity contribution is 6.12. The van der Waals surface area contributed by atoms with Crippen LogP contribution >= 0.6 is 0 Å². The highest BCUT2D eigenvalue weighted by Crippen LogP contribution is 2.41. The maximum atomic E-state index is 15.0. The smallest absolute Gasteiger partial charge is 0.475 e. The number of carboxylic acid groups (broad SMARTS) is 1. The van der Waals surface area contributed by atoms with Crippen molar-refractivity contribution in [3.05, 3.63) is 95.8 Å². The molecular formula is C39H46F5N5O7. The molecule has 12 nitrogen and oxygen atoms in total. The lowest BCUT2D eigenvalue weighted by atomic mass is 9.82. The maximum Gasteiger partial charge on any atom is 0.490 e. The number of alkyl halides is 3. The Bertz CT molecular complexity index is 1860. The monoisotopic (exact) mass is 791 g/mol. The van der Waals surface area contributed by atoms with Gasteiger partial charge in [-0.1, -0.05) is 58.0 Å². The van der Waals surface area contributed by atoms with Crippen LogP contribution in [-0.2, 0) is 35.3 Å². The van der Waals surface area contributed by atoms with E-state index in [0.717, 1.165) is 34.4 Å². The van der Waals surface area contributed by atoms with Gasteiger partial charge in [-0.25, -0.2) is 13.6 Å². The number of benzene rings is 2. The second kappa shape index (κ2) is 20.0. The third kappa shape index (κ3) is 12.8. The molecule has 56 heavy (non-hydrogen) atoms. The molecule has 0 spiro atoms. The number of carbonyl (C=O) groups is 5. The van der Waals surface area contributed by atoms with Crippen molar-refractivity contribution in [2.45, 2.75) is 65.3 Å². The zero-order valence-corrected chi connectivity index (χ0v) is 31.4. The zero-order chi connectivity index (χ0) is 41.8. The Morgan fingerprint density at radius 3 is 2.16 bits per heavy atom. The maximum absolute atomic E-state index is 15.0. The minimum absolute atomic E-state index is 0.113. The summed E-state index contributed by atoms with van der Waals surface area (Å²) in [5.41, 5.74) is 8.10. The van der Waals surface area contributed by atoms with Crippen LogP contribution in [0.25, 0.3) is 11.1 Å². The van der Waals surface area contributed by atoms with E-state index in [4.69, 9.17) is 20.4 Å². The first-order valence-electron chi connectivity index (χ1n) is 17.7. The number of aliphatic carboxylic acids is 1. The summed E-state index contributed by atoms with van der Waals surface area (Å²) in [5.74, 6) is -5.20. The Kier molecular flexibility index (Phi) is 16.0. The highest BCUT2D eigenvalue weighted by atomic mass is 19.4. The number of carboxylic acids is 1. The van der Waals surface area contributed by atoms with Crippen LogP contribution in [0.15, 0.2) is 72.9 Å². The first-order chi connectivity index (χ1) is 26.2. The number of halogens is 5. The van der Waals surface area contributed by atoms with E-state index in [9.17, 15) is 41.1 Å². The van der Waals surface area contributed by atoms with Gasteiger partial charge in [-0.2, -0.15) is 13.2 Å². The Labute approximate surface area is 321 Å². The zero-order valence-electron chi connectivity index (χ0n) is 31.4. The second-order valence-electron chi connectivity index (χ2n) is 13.9. The van der Waals surface area contributed by atoms with Gasteiger partial charge in [0, 0.05) is 61.2 Å². The number of nitrogens with zero attached hydrogens (tertiary/aromatic N) is 3. The minimum atomic E-state index is -5.08. The van der Waals surface area contributed by atoms with Crippen molar-refractivity contribution in [1.82, 2.24) is 19.7 Å². The van der Waals surface area contributed by atoms with Crippen molar-refractivity contribution in [2.75, 3.05) is 32.8 Å². The van der Waals surface area contributed by atoms with E-state index in [2.05, 4.69) is 5.32 Å². The third-order valence-corrected chi connectivity index (χ3v) is 8.57. The van der Waals surface area contributed by atoms with Gasteiger partial charge in [0.1, 0.15) is 11.6 Å². The van der Waals surface area contributed by atoms with Crippen molar-refractivity contribution in [3.8, 4) is 11.1 Å². The van der Waals surface area contributed by atoms with Gasteiger partial charge in [-0.3, -0.25) is 24.1 Å². The lowest BCUT2D eigenvalue weighted by molar-refractivity contribution is -0.192. The van der Waals surface area contributed by atoms with Crippen LogP contribution in [0.1, 0.15) is 57.8 Å². The number of rotatable bonds is 16. The van der Waals surface area contributed by atoms with Gasteiger partial charge in [-0.15, -0.1) is 0 Å². The van der Waals surface area contributed by atoms with Gasteiger partial charge in [0.05, 0.1) is 31.8 Å². The molecule has 1 aliphatic heterocycles. The van der Waals surface area contributed by atoms with Crippen molar-refractivity contribution in [3.63, 3.8) is 0 Å². The summed E-state index contributed by atoms with van der Waals surface area (Å²) in [6.07, 6.45) is -0.511. The molecule has 0 saturated carbocycles. The Balaban J connectivity index is 0.00000109. The first-order valence-corrected chi connectivity index (χ1v) is 17.7. The number of hydrogen-bond acceptors (Lipinski definition) is 7. The Morgan fingerprint density at radius 1 is 0.964 bits per heavy atom. The van der Waals surface area contributed by atoms with Crippen LogP contribution in [0, 0.1) is 17.0 Å². The molecule has 4 N–H and O–H groups in total. The van der Waals surface area contributed by atoms with Crippen molar-refractivity contribution < 1.29 is 55.8 Å². The summed E-state index contributed by atoms with van der Waals surface area (Å²) in [6, 6.07) is 13.4. The van der Waals surface area contributed by atoms with E-state index >= 15 is 0 Å². The van der Waals surface area contributed by atoms with Crippen LogP contribution in [0.4, 0.5) is 22.0 Å². The average Bonchev–Trinajstić information content (AvgIpc) is 3.68. The lowest BCUT2D eigenvalue weighted by Gasteiger charge is -2.41. The van der Waals surface area contributed by atoms with E-state index < -0.39 is 47.2 Å². The summed E-state index contributed by atoms with van der Waals surface area (Å²) in [4.78, 5) is 61.4. The average molecular weight is 792 g/mol. The highest BCUT2D eigenvalue weighted by Gasteiger charge is 2.39. The molecule has 304 valence electrons. The number of carbonyl (C=O) groups excluding carboxylic acids is 4. The number of amides is 4. The molecule has 4 amide bonds. The number of ether oxygens (including phenoxy) is 1. The van der Waals surface area contributed by atoms with Crippen molar-refractivity contribution in [1.29, 1.82) is 0 Å². The van der Waals surface area contributed by atoms with Crippen molar-refractivity contribution >= 4 is 29.6 Å².